The summed E-state index contributed by atoms with van der Waals surface area (Å²) in [7, 11) is 2.04. The quantitative estimate of drug-likeness (QED) is 0.815. The van der Waals surface area contributed by atoms with Crippen LogP contribution in [-0.2, 0) is 11.2 Å². The van der Waals surface area contributed by atoms with Crippen molar-refractivity contribution in [1.29, 1.82) is 0 Å². The van der Waals surface area contributed by atoms with Crippen LogP contribution in [0.4, 0.5) is 0 Å². The van der Waals surface area contributed by atoms with Gasteiger partial charge < -0.3 is 10.6 Å². The second kappa shape index (κ2) is 8.02. The summed E-state index contributed by atoms with van der Waals surface area (Å²) in [4.78, 5) is 14.1. The number of piperidine rings is 1. The van der Waals surface area contributed by atoms with E-state index in [1.165, 1.54) is 18.4 Å². The number of carbonyl (C=O) groups excluding carboxylic acids is 1. The molecule has 0 radical (unpaired) electrons. The monoisotopic (exact) mass is 275 g/mol. The third-order valence-corrected chi connectivity index (χ3v) is 3.87. The summed E-state index contributed by atoms with van der Waals surface area (Å²) in [5, 5.41) is 6.38. The molecule has 1 fully saturated rings. The summed E-state index contributed by atoms with van der Waals surface area (Å²) < 4.78 is 0. The lowest BCUT2D eigenvalue weighted by molar-refractivity contribution is -0.122. The molecule has 20 heavy (non-hydrogen) atoms. The van der Waals surface area contributed by atoms with Crippen LogP contribution in [0.15, 0.2) is 30.3 Å². The zero-order valence-corrected chi connectivity index (χ0v) is 12.3. The number of likely N-dealkylation sites (N-methyl/N-ethyl adjacent to an activating group) is 1. The predicted molar refractivity (Wildman–Crippen MR) is 81.7 cm³/mol. The first-order valence-electron chi connectivity index (χ1n) is 7.47. The topological polar surface area (TPSA) is 44.4 Å². The average Bonchev–Trinajstić information content (AvgIpc) is 2.49. The summed E-state index contributed by atoms with van der Waals surface area (Å²) in [6, 6.07) is 10.7. The highest BCUT2D eigenvalue weighted by Crippen LogP contribution is 2.07. The molecule has 2 rings (SSSR count). The lowest BCUT2D eigenvalue weighted by Gasteiger charge is -2.31. The zero-order valence-electron chi connectivity index (χ0n) is 12.3. The Hall–Kier alpha value is -1.39. The lowest BCUT2D eigenvalue weighted by atomic mass is 10.1. The molecule has 1 saturated heterocycles. The van der Waals surface area contributed by atoms with Crippen molar-refractivity contribution in [2.45, 2.75) is 25.3 Å². The van der Waals surface area contributed by atoms with E-state index in [0.717, 1.165) is 19.5 Å². The number of nitrogens with zero attached hydrogens (tertiary/aromatic N) is 1. The van der Waals surface area contributed by atoms with E-state index < -0.39 is 0 Å². The highest BCUT2D eigenvalue weighted by molar-refractivity contribution is 5.78. The Morgan fingerprint density at radius 3 is 2.90 bits per heavy atom. The van der Waals surface area contributed by atoms with Crippen LogP contribution in [0.25, 0.3) is 0 Å². The summed E-state index contributed by atoms with van der Waals surface area (Å²) in [6.45, 7) is 3.29. The first-order chi connectivity index (χ1) is 9.75. The minimum Gasteiger partial charge on any atom is -0.355 e. The SMILES string of the molecule is CN(CC(=O)NCCc1ccccc1)C1CCCNC1. The van der Waals surface area contributed by atoms with Crippen molar-refractivity contribution in [1.82, 2.24) is 15.5 Å². The molecule has 0 bridgehead atoms. The number of hydrogen-bond donors (Lipinski definition) is 2. The van der Waals surface area contributed by atoms with Gasteiger partial charge >= 0.3 is 0 Å². The van der Waals surface area contributed by atoms with Gasteiger partial charge in [0.05, 0.1) is 6.54 Å². The molecule has 2 N–H and O–H groups in total. The van der Waals surface area contributed by atoms with Gasteiger partial charge in [-0.3, -0.25) is 9.69 Å². The maximum atomic E-state index is 11.9. The highest BCUT2D eigenvalue weighted by atomic mass is 16.2. The van der Waals surface area contributed by atoms with Crippen LogP contribution in [0.3, 0.4) is 0 Å². The molecule has 0 spiro atoms. The zero-order chi connectivity index (χ0) is 14.2. The van der Waals surface area contributed by atoms with Gasteiger partial charge in [0.1, 0.15) is 0 Å². The maximum absolute atomic E-state index is 11.9. The van der Waals surface area contributed by atoms with Gasteiger partial charge in [-0.15, -0.1) is 0 Å². The highest BCUT2D eigenvalue weighted by Gasteiger charge is 2.19. The molecule has 1 aliphatic heterocycles. The van der Waals surface area contributed by atoms with E-state index in [4.69, 9.17) is 0 Å². The fourth-order valence-corrected chi connectivity index (χ4v) is 2.61. The molecule has 1 aromatic rings. The molecule has 1 heterocycles. The van der Waals surface area contributed by atoms with Crippen molar-refractivity contribution in [3.05, 3.63) is 35.9 Å². The van der Waals surface area contributed by atoms with Crippen molar-refractivity contribution in [3.8, 4) is 0 Å². The van der Waals surface area contributed by atoms with Crippen LogP contribution < -0.4 is 10.6 Å². The average molecular weight is 275 g/mol. The van der Waals surface area contributed by atoms with E-state index >= 15 is 0 Å². The van der Waals surface area contributed by atoms with E-state index in [2.05, 4.69) is 27.7 Å². The minimum absolute atomic E-state index is 0.119. The number of rotatable bonds is 6. The van der Waals surface area contributed by atoms with E-state index in [0.29, 0.717) is 19.1 Å². The van der Waals surface area contributed by atoms with E-state index in [9.17, 15) is 4.79 Å². The summed E-state index contributed by atoms with van der Waals surface area (Å²) >= 11 is 0. The molecule has 0 aromatic heterocycles. The summed E-state index contributed by atoms with van der Waals surface area (Å²) in [5.74, 6) is 0.119. The van der Waals surface area contributed by atoms with Gasteiger partial charge in [-0.2, -0.15) is 0 Å². The van der Waals surface area contributed by atoms with Crippen LogP contribution in [0, 0.1) is 0 Å². The molecule has 4 nitrogen and oxygen atoms in total. The van der Waals surface area contributed by atoms with Crippen LogP contribution in [0.5, 0.6) is 0 Å². The smallest absolute Gasteiger partial charge is 0.234 e. The Morgan fingerprint density at radius 1 is 1.40 bits per heavy atom. The molecule has 4 heteroatoms. The number of nitrogens with one attached hydrogen (secondary N) is 2. The molecule has 1 unspecified atom stereocenters. The molecule has 1 amide bonds. The maximum Gasteiger partial charge on any atom is 0.234 e. The Balaban J connectivity index is 1.64. The first kappa shape index (κ1) is 15.0. The Bertz CT molecular complexity index is 401. The van der Waals surface area contributed by atoms with E-state index in [1.54, 1.807) is 0 Å². The molecular formula is C16H25N3O. The number of benzene rings is 1. The van der Waals surface area contributed by atoms with E-state index in [1.807, 2.05) is 25.2 Å². The molecular weight excluding hydrogens is 250 g/mol. The van der Waals surface area contributed by atoms with Crippen LogP contribution >= 0.6 is 0 Å². The molecule has 0 saturated carbocycles. The number of hydrogen-bond acceptors (Lipinski definition) is 3. The van der Waals surface area contributed by atoms with E-state index in [-0.39, 0.29) is 5.91 Å². The Kier molecular flexibility index (Phi) is 6.02. The number of amides is 1. The van der Waals surface area contributed by atoms with Crippen LogP contribution in [-0.4, -0.2) is 50.1 Å². The fraction of sp³-hybridized carbons (Fsp3) is 0.562. The van der Waals surface area contributed by atoms with Crippen molar-refractivity contribution in [2.24, 2.45) is 0 Å². The lowest BCUT2D eigenvalue weighted by Crippen LogP contribution is -2.47. The molecule has 1 atom stereocenters. The second-order valence-corrected chi connectivity index (χ2v) is 5.50. The van der Waals surface area contributed by atoms with Crippen molar-refractivity contribution in [2.75, 3.05) is 33.2 Å². The predicted octanol–water partition coefficient (Wildman–Crippen LogP) is 1.03. The first-order valence-corrected chi connectivity index (χ1v) is 7.47. The standard InChI is InChI=1S/C16H25N3O/c1-19(15-8-5-10-17-12-15)13-16(20)18-11-9-14-6-3-2-4-7-14/h2-4,6-7,15,17H,5,8-13H2,1H3,(H,18,20). The van der Waals surface area contributed by atoms with Crippen molar-refractivity contribution < 1.29 is 4.79 Å². The van der Waals surface area contributed by atoms with Gasteiger partial charge in [-0.1, -0.05) is 30.3 Å². The van der Waals surface area contributed by atoms with Gasteiger partial charge in [0, 0.05) is 19.1 Å². The molecule has 1 aromatic carbocycles. The van der Waals surface area contributed by atoms with Crippen LogP contribution in [0.2, 0.25) is 0 Å². The third-order valence-electron chi connectivity index (χ3n) is 3.87. The fourth-order valence-electron chi connectivity index (χ4n) is 2.61. The molecule has 0 aliphatic carbocycles. The van der Waals surface area contributed by atoms with Crippen molar-refractivity contribution >= 4 is 5.91 Å². The van der Waals surface area contributed by atoms with Gasteiger partial charge in [0.25, 0.3) is 0 Å². The largest absolute Gasteiger partial charge is 0.355 e. The van der Waals surface area contributed by atoms with Gasteiger partial charge in [-0.25, -0.2) is 0 Å². The molecule has 110 valence electrons. The van der Waals surface area contributed by atoms with Gasteiger partial charge in [-0.05, 0) is 38.4 Å². The van der Waals surface area contributed by atoms with Crippen LogP contribution in [0.1, 0.15) is 18.4 Å². The summed E-state index contributed by atoms with van der Waals surface area (Å²) in [6.07, 6.45) is 3.27. The minimum atomic E-state index is 0.119. The second-order valence-electron chi connectivity index (χ2n) is 5.50. The Morgan fingerprint density at radius 2 is 2.20 bits per heavy atom. The summed E-state index contributed by atoms with van der Waals surface area (Å²) in [5.41, 5.74) is 1.26. The Labute approximate surface area is 121 Å². The van der Waals surface area contributed by atoms with Crippen molar-refractivity contribution in [3.63, 3.8) is 0 Å². The normalized spacial score (nSPS) is 19.0. The number of carbonyl (C=O) groups is 1. The van der Waals surface area contributed by atoms with Gasteiger partial charge in [0.15, 0.2) is 0 Å². The molecule has 1 aliphatic rings. The third kappa shape index (κ3) is 4.94. The van der Waals surface area contributed by atoms with Gasteiger partial charge in [0.2, 0.25) is 5.91 Å².